The average molecular weight is 354 g/mol. The summed E-state index contributed by atoms with van der Waals surface area (Å²) < 4.78 is 12.7. The minimum absolute atomic E-state index is 0.467. The number of nitrogens with one attached hydrogen (secondary N) is 1. The molecule has 3 nitrogen and oxygen atoms in total. The Morgan fingerprint density at radius 2 is 2.19 bits per heavy atom. The Balaban J connectivity index is 1.46. The molecule has 0 bridgehead atoms. The van der Waals surface area contributed by atoms with E-state index in [1.807, 2.05) is 0 Å². The van der Waals surface area contributed by atoms with Crippen LogP contribution < -0.4 is 10.1 Å². The van der Waals surface area contributed by atoms with Crippen LogP contribution in [-0.4, -0.2) is 25.4 Å². The topological polar surface area (TPSA) is 30.5 Å². The van der Waals surface area contributed by atoms with E-state index in [-0.39, 0.29) is 0 Å². The van der Waals surface area contributed by atoms with E-state index in [9.17, 15) is 0 Å². The van der Waals surface area contributed by atoms with Gasteiger partial charge in [-0.2, -0.15) is 0 Å². The van der Waals surface area contributed by atoms with Gasteiger partial charge in [-0.15, -0.1) is 0 Å². The van der Waals surface area contributed by atoms with E-state index in [1.165, 1.54) is 31.2 Å². The van der Waals surface area contributed by atoms with Crippen LogP contribution in [0.15, 0.2) is 22.7 Å². The van der Waals surface area contributed by atoms with E-state index in [4.69, 9.17) is 9.47 Å². The van der Waals surface area contributed by atoms with Gasteiger partial charge in [0.2, 0.25) is 0 Å². The first-order chi connectivity index (χ1) is 10.3. The summed E-state index contributed by atoms with van der Waals surface area (Å²) in [5, 5.41) is 3.55. The lowest BCUT2D eigenvalue weighted by molar-refractivity contribution is 0.0981. The maximum absolute atomic E-state index is 5.99. The van der Waals surface area contributed by atoms with Crippen molar-refractivity contribution in [2.45, 2.75) is 57.2 Å². The van der Waals surface area contributed by atoms with Gasteiger partial charge in [-0.05, 0) is 56.7 Å². The van der Waals surface area contributed by atoms with Crippen LogP contribution in [0.3, 0.4) is 0 Å². The van der Waals surface area contributed by atoms with Gasteiger partial charge in [-0.1, -0.05) is 15.9 Å². The quantitative estimate of drug-likeness (QED) is 0.715. The second-order valence-electron chi connectivity index (χ2n) is 6.03. The van der Waals surface area contributed by atoms with Crippen molar-refractivity contribution in [1.82, 2.24) is 5.32 Å². The fraction of sp³-hybridized carbons (Fsp3) is 0.647. The molecule has 0 aromatic heterocycles. The lowest BCUT2D eigenvalue weighted by Gasteiger charge is -2.14. The number of hydrogen-bond donors (Lipinski definition) is 1. The Morgan fingerprint density at radius 1 is 1.29 bits per heavy atom. The minimum Gasteiger partial charge on any atom is -0.493 e. The summed E-state index contributed by atoms with van der Waals surface area (Å²) in [6.45, 7) is 2.61. The lowest BCUT2D eigenvalue weighted by atomic mass is 10.1. The summed E-state index contributed by atoms with van der Waals surface area (Å²) >= 11 is 3.55. The van der Waals surface area contributed by atoms with E-state index < -0.39 is 0 Å². The van der Waals surface area contributed by atoms with Crippen molar-refractivity contribution in [2.75, 3.05) is 13.2 Å². The fourth-order valence-corrected chi connectivity index (χ4v) is 3.14. The van der Waals surface area contributed by atoms with Gasteiger partial charge in [0.25, 0.3) is 0 Å². The van der Waals surface area contributed by atoms with Crippen molar-refractivity contribution in [3.8, 4) is 5.75 Å². The van der Waals surface area contributed by atoms with Crippen LogP contribution in [-0.2, 0) is 11.3 Å². The molecule has 1 aliphatic carbocycles. The highest BCUT2D eigenvalue weighted by Crippen LogP contribution is 2.26. The van der Waals surface area contributed by atoms with Crippen molar-refractivity contribution in [1.29, 1.82) is 0 Å². The average Bonchev–Trinajstić information content (AvgIpc) is 3.17. The molecule has 1 aromatic carbocycles. The molecular weight excluding hydrogens is 330 g/mol. The monoisotopic (exact) mass is 353 g/mol. The molecule has 116 valence electrons. The number of hydrogen-bond acceptors (Lipinski definition) is 3. The number of halogens is 1. The van der Waals surface area contributed by atoms with Gasteiger partial charge >= 0.3 is 0 Å². The highest BCUT2D eigenvalue weighted by Gasteiger charge is 2.20. The van der Waals surface area contributed by atoms with Crippen LogP contribution in [0.25, 0.3) is 0 Å². The maximum Gasteiger partial charge on any atom is 0.123 e. The molecule has 1 aromatic rings. The smallest absolute Gasteiger partial charge is 0.123 e. The summed E-state index contributed by atoms with van der Waals surface area (Å²) in [4.78, 5) is 0. The standard InChI is InChI=1S/C17H24BrNO2/c18-14-5-8-17(13(11-14)12-19-15-6-7-15)21-10-2-4-16-3-1-9-20-16/h5,8,11,15-16,19H,1-4,6-7,9-10,12H2. The number of benzene rings is 1. The molecule has 4 heteroatoms. The first-order valence-electron chi connectivity index (χ1n) is 8.07. The molecule has 3 rings (SSSR count). The molecule has 0 spiro atoms. The van der Waals surface area contributed by atoms with Gasteiger partial charge in [0.05, 0.1) is 12.7 Å². The molecule has 1 N–H and O–H groups in total. The summed E-state index contributed by atoms with van der Waals surface area (Å²) in [6, 6.07) is 7.00. The van der Waals surface area contributed by atoms with E-state index in [0.717, 1.165) is 48.9 Å². The molecule has 1 saturated heterocycles. The summed E-state index contributed by atoms with van der Waals surface area (Å²) in [5.41, 5.74) is 1.24. The normalized spacial score (nSPS) is 21.7. The van der Waals surface area contributed by atoms with Gasteiger partial charge in [0.15, 0.2) is 0 Å². The molecule has 1 heterocycles. The Labute approximate surface area is 135 Å². The van der Waals surface area contributed by atoms with Crippen molar-refractivity contribution in [2.24, 2.45) is 0 Å². The van der Waals surface area contributed by atoms with Crippen LogP contribution in [0.4, 0.5) is 0 Å². The second kappa shape index (κ2) is 7.61. The van der Waals surface area contributed by atoms with E-state index in [2.05, 4.69) is 39.4 Å². The highest BCUT2D eigenvalue weighted by atomic mass is 79.9. The van der Waals surface area contributed by atoms with Crippen LogP contribution in [0.5, 0.6) is 5.75 Å². The first kappa shape index (κ1) is 15.3. The lowest BCUT2D eigenvalue weighted by Crippen LogP contribution is -2.16. The summed E-state index contributed by atoms with van der Waals surface area (Å²) in [6.07, 6.45) is 7.71. The molecule has 21 heavy (non-hydrogen) atoms. The van der Waals surface area contributed by atoms with Gasteiger partial charge in [0, 0.05) is 29.2 Å². The van der Waals surface area contributed by atoms with Gasteiger partial charge in [0.1, 0.15) is 5.75 Å². The van der Waals surface area contributed by atoms with Crippen LogP contribution in [0.1, 0.15) is 44.1 Å². The van der Waals surface area contributed by atoms with E-state index >= 15 is 0 Å². The van der Waals surface area contributed by atoms with Crippen LogP contribution in [0.2, 0.25) is 0 Å². The third-order valence-electron chi connectivity index (χ3n) is 4.13. The second-order valence-corrected chi connectivity index (χ2v) is 6.95. The zero-order valence-corrected chi connectivity index (χ0v) is 14.0. The minimum atomic E-state index is 0.467. The molecule has 1 aliphatic heterocycles. The van der Waals surface area contributed by atoms with Crippen molar-refractivity contribution in [3.05, 3.63) is 28.2 Å². The molecule has 1 saturated carbocycles. The fourth-order valence-electron chi connectivity index (χ4n) is 2.73. The highest BCUT2D eigenvalue weighted by molar-refractivity contribution is 9.10. The molecule has 1 atom stereocenters. The Kier molecular flexibility index (Phi) is 5.55. The Bertz CT molecular complexity index is 456. The van der Waals surface area contributed by atoms with E-state index in [1.54, 1.807) is 0 Å². The summed E-state index contributed by atoms with van der Waals surface area (Å²) in [5.74, 6) is 1.01. The third kappa shape index (κ3) is 4.97. The number of ether oxygens (including phenoxy) is 2. The van der Waals surface area contributed by atoms with Crippen LogP contribution in [0, 0.1) is 0 Å². The van der Waals surface area contributed by atoms with Crippen molar-refractivity contribution < 1.29 is 9.47 Å². The zero-order chi connectivity index (χ0) is 14.5. The first-order valence-corrected chi connectivity index (χ1v) is 8.87. The largest absolute Gasteiger partial charge is 0.493 e. The zero-order valence-electron chi connectivity index (χ0n) is 12.4. The summed E-state index contributed by atoms with van der Waals surface area (Å²) in [7, 11) is 0. The maximum atomic E-state index is 5.99. The van der Waals surface area contributed by atoms with E-state index in [0.29, 0.717) is 6.10 Å². The Hall–Kier alpha value is -0.580. The third-order valence-corrected chi connectivity index (χ3v) is 4.63. The van der Waals surface area contributed by atoms with Crippen LogP contribution >= 0.6 is 15.9 Å². The van der Waals surface area contributed by atoms with Gasteiger partial charge in [-0.25, -0.2) is 0 Å². The van der Waals surface area contributed by atoms with Crippen molar-refractivity contribution in [3.63, 3.8) is 0 Å². The number of rotatable bonds is 8. The predicted molar refractivity (Wildman–Crippen MR) is 87.7 cm³/mol. The molecule has 2 aliphatic rings. The molecule has 0 radical (unpaired) electrons. The molecule has 0 amide bonds. The van der Waals surface area contributed by atoms with Gasteiger partial charge in [-0.3, -0.25) is 0 Å². The van der Waals surface area contributed by atoms with Crippen molar-refractivity contribution >= 4 is 15.9 Å². The SMILES string of the molecule is Brc1ccc(OCCCC2CCCO2)c(CNC2CC2)c1. The molecule has 1 unspecified atom stereocenters. The predicted octanol–water partition coefficient (Wildman–Crippen LogP) is 4.04. The van der Waals surface area contributed by atoms with Gasteiger partial charge < -0.3 is 14.8 Å². The molecular formula is C17H24BrNO2. The molecule has 2 fully saturated rings. The Morgan fingerprint density at radius 3 is 2.95 bits per heavy atom.